The zero-order valence-corrected chi connectivity index (χ0v) is 17.0. The molecule has 0 N–H and O–H groups in total. The molecular formula is C23H18N2O6. The first-order valence-electron chi connectivity index (χ1n) is 9.42. The number of hydrogen-bond acceptors (Lipinski definition) is 6. The van der Waals surface area contributed by atoms with E-state index < -0.39 is 16.8 Å². The third-order valence-electron chi connectivity index (χ3n) is 5.29. The highest BCUT2D eigenvalue weighted by molar-refractivity contribution is 6.11. The standard InChI is InChI=1S/C23H18N2O6/c1-13-15(8-6-10-17(13)25(28)29)19-11-12-20(31-19)22(26)24-14(2)21(23(27)30-3)16-7-4-5-9-18(16)24/h4-12H,1-3H3. The van der Waals surface area contributed by atoms with Gasteiger partial charge in [-0.3, -0.25) is 19.5 Å². The van der Waals surface area contributed by atoms with E-state index in [2.05, 4.69) is 0 Å². The van der Waals surface area contributed by atoms with E-state index >= 15 is 0 Å². The van der Waals surface area contributed by atoms with Crippen LogP contribution in [-0.2, 0) is 4.74 Å². The summed E-state index contributed by atoms with van der Waals surface area (Å²) in [6.45, 7) is 3.29. The Morgan fingerprint density at radius 2 is 1.77 bits per heavy atom. The minimum Gasteiger partial charge on any atom is -0.465 e. The summed E-state index contributed by atoms with van der Waals surface area (Å²) < 4.78 is 12.1. The third-order valence-corrected chi connectivity index (χ3v) is 5.29. The summed E-state index contributed by atoms with van der Waals surface area (Å²) in [7, 11) is 1.29. The maximum absolute atomic E-state index is 13.3. The van der Waals surface area contributed by atoms with Crippen LogP contribution in [0.5, 0.6) is 0 Å². The second-order valence-corrected chi connectivity index (χ2v) is 6.98. The van der Waals surface area contributed by atoms with Crippen molar-refractivity contribution < 1.29 is 23.7 Å². The van der Waals surface area contributed by atoms with Crippen LogP contribution in [0.25, 0.3) is 22.2 Å². The first-order chi connectivity index (χ1) is 14.8. The molecule has 4 rings (SSSR count). The molecule has 31 heavy (non-hydrogen) atoms. The van der Waals surface area contributed by atoms with Crippen LogP contribution in [0.3, 0.4) is 0 Å². The van der Waals surface area contributed by atoms with Crippen LogP contribution in [0.4, 0.5) is 5.69 Å². The van der Waals surface area contributed by atoms with Gasteiger partial charge in [-0.25, -0.2) is 4.79 Å². The lowest BCUT2D eigenvalue weighted by Gasteiger charge is -2.06. The molecular weight excluding hydrogens is 400 g/mol. The molecule has 0 aliphatic heterocycles. The van der Waals surface area contributed by atoms with Crippen molar-refractivity contribution >= 4 is 28.5 Å². The predicted octanol–water partition coefficient (Wildman–Crippen LogP) is 4.90. The minimum atomic E-state index is -0.535. The summed E-state index contributed by atoms with van der Waals surface area (Å²) in [5, 5.41) is 11.8. The fourth-order valence-corrected chi connectivity index (χ4v) is 3.78. The van der Waals surface area contributed by atoms with Gasteiger partial charge in [-0.2, -0.15) is 0 Å². The number of nitro groups is 1. The monoisotopic (exact) mass is 418 g/mol. The van der Waals surface area contributed by atoms with Gasteiger partial charge in [0.25, 0.3) is 11.6 Å². The van der Waals surface area contributed by atoms with Gasteiger partial charge in [-0.1, -0.05) is 30.3 Å². The first-order valence-corrected chi connectivity index (χ1v) is 9.42. The number of hydrogen-bond donors (Lipinski definition) is 0. The predicted molar refractivity (Wildman–Crippen MR) is 113 cm³/mol. The Morgan fingerprint density at radius 1 is 1.03 bits per heavy atom. The van der Waals surface area contributed by atoms with Crippen molar-refractivity contribution in [1.29, 1.82) is 0 Å². The summed E-state index contributed by atoms with van der Waals surface area (Å²) in [4.78, 5) is 36.4. The largest absolute Gasteiger partial charge is 0.465 e. The van der Waals surface area contributed by atoms with Crippen LogP contribution in [-0.4, -0.2) is 28.5 Å². The van der Waals surface area contributed by atoms with Gasteiger partial charge in [0.1, 0.15) is 5.76 Å². The number of nitro benzene ring substituents is 1. The molecule has 0 atom stereocenters. The van der Waals surface area contributed by atoms with E-state index in [9.17, 15) is 19.7 Å². The number of ether oxygens (including phenoxy) is 1. The zero-order chi connectivity index (χ0) is 22.3. The molecule has 8 nitrogen and oxygen atoms in total. The highest BCUT2D eigenvalue weighted by Crippen LogP contribution is 2.32. The van der Waals surface area contributed by atoms with E-state index in [1.165, 1.54) is 23.8 Å². The molecule has 0 unspecified atom stereocenters. The van der Waals surface area contributed by atoms with Crippen molar-refractivity contribution in [3.05, 3.63) is 87.3 Å². The maximum Gasteiger partial charge on any atom is 0.340 e. The Hall–Kier alpha value is -4.20. The Bertz CT molecular complexity index is 1360. The molecule has 0 spiro atoms. The number of fused-ring (bicyclic) bond motifs is 1. The maximum atomic E-state index is 13.3. The van der Waals surface area contributed by atoms with Gasteiger partial charge in [-0.05, 0) is 32.0 Å². The summed E-state index contributed by atoms with van der Waals surface area (Å²) >= 11 is 0. The number of nitrogens with zero attached hydrogens (tertiary/aromatic N) is 2. The SMILES string of the molecule is COC(=O)c1c(C)n(C(=O)c2ccc(-c3cccc([N+](=O)[O-])c3C)o2)c2ccccc12. The van der Waals surface area contributed by atoms with E-state index in [1.807, 2.05) is 0 Å². The molecule has 0 saturated heterocycles. The second kappa shape index (κ2) is 7.56. The van der Waals surface area contributed by atoms with Crippen molar-refractivity contribution in [3.8, 4) is 11.3 Å². The molecule has 0 aliphatic rings. The number of furan rings is 1. The molecule has 0 amide bonds. The van der Waals surface area contributed by atoms with Crippen molar-refractivity contribution in [2.45, 2.75) is 13.8 Å². The van der Waals surface area contributed by atoms with Crippen LogP contribution in [0, 0.1) is 24.0 Å². The number of rotatable bonds is 4. The number of esters is 1. The van der Waals surface area contributed by atoms with E-state index in [4.69, 9.17) is 9.15 Å². The quantitative estimate of drug-likeness (QED) is 0.265. The summed E-state index contributed by atoms with van der Waals surface area (Å²) in [6, 6.07) is 14.8. The fraction of sp³-hybridized carbons (Fsp3) is 0.130. The first kappa shape index (κ1) is 20.1. The molecule has 0 bridgehead atoms. The third kappa shape index (κ3) is 3.18. The van der Waals surface area contributed by atoms with Crippen LogP contribution in [0.1, 0.15) is 32.2 Å². The lowest BCUT2D eigenvalue weighted by molar-refractivity contribution is -0.385. The topological polar surface area (TPSA) is 105 Å². The molecule has 0 saturated carbocycles. The number of para-hydroxylation sites is 1. The van der Waals surface area contributed by atoms with Gasteiger partial charge < -0.3 is 9.15 Å². The van der Waals surface area contributed by atoms with Crippen LogP contribution in [0.15, 0.2) is 59.0 Å². The Balaban J connectivity index is 1.82. The van der Waals surface area contributed by atoms with Gasteiger partial charge in [0.05, 0.1) is 23.1 Å². The molecule has 2 heterocycles. The molecule has 0 fully saturated rings. The summed E-state index contributed by atoms with van der Waals surface area (Å²) in [5.74, 6) is -0.612. The number of aromatic nitrogens is 1. The number of benzene rings is 2. The number of carbonyl (C=O) groups is 2. The van der Waals surface area contributed by atoms with E-state index in [-0.39, 0.29) is 11.4 Å². The van der Waals surface area contributed by atoms with Crippen molar-refractivity contribution in [1.82, 2.24) is 4.57 Å². The van der Waals surface area contributed by atoms with Crippen molar-refractivity contribution in [2.24, 2.45) is 0 Å². The van der Waals surface area contributed by atoms with Gasteiger partial charge in [0.15, 0.2) is 5.76 Å². The highest BCUT2D eigenvalue weighted by Gasteiger charge is 2.26. The van der Waals surface area contributed by atoms with E-state index in [0.717, 1.165) is 0 Å². The number of carbonyl (C=O) groups excluding carboxylic acids is 2. The van der Waals surface area contributed by atoms with Crippen molar-refractivity contribution in [2.75, 3.05) is 7.11 Å². The smallest absolute Gasteiger partial charge is 0.340 e. The zero-order valence-electron chi connectivity index (χ0n) is 17.0. The average Bonchev–Trinajstić information content (AvgIpc) is 3.35. The average molecular weight is 418 g/mol. The molecule has 2 aromatic heterocycles. The van der Waals surface area contributed by atoms with Crippen molar-refractivity contribution in [3.63, 3.8) is 0 Å². The molecule has 156 valence electrons. The lowest BCUT2D eigenvalue weighted by atomic mass is 10.1. The normalized spacial score (nSPS) is 10.9. The van der Waals surface area contributed by atoms with Gasteiger partial charge in [-0.15, -0.1) is 0 Å². The van der Waals surface area contributed by atoms with Crippen LogP contribution in [0.2, 0.25) is 0 Å². The summed E-state index contributed by atoms with van der Waals surface area (Å²) in [6.07, 6.45) is 0. The Labute approximate surface area is 176 Å². The molecule has 4 aromatic rings. The lowest BCUT2D eigenvalue weighted by Crippen LogP contribution is -2.14. The Kier molecular flexibility index (Phi) is 4.90. The van der Waals surface area contributed by atoms with Crippen LogP contribution >= 0.6 is 0 Å². The second-order valence-electron chi connectivity index (χ2n) is 6.98. The Morgan fingerprint density at radius 3 is 2.48 bits per heavy atom. The van der Waals surface area contributed by atoms with Gasteiger partial charge in [0, 0.05) is 28.3 Å². The molecule has 0 aliphatic carbocycles. The van der Waals surface area contributed by atoms with E-state index in [0.29, 0.717) is 39.0 Å². The van der Waals surface area contributed by atoms with Crippen LogP contribution < -0.4 is 0 Å². The number of methoxy groups -OCH3 is 1. The minimum absolute atomic E-state index is 0.0308. The van der Waals surface area contributed by atoms with Gasteiger partial charge >= 0.3 is 5.97 Å². The van der Waals surface area contributed by atoms with Gasteiger partial charge in [0.2, 0.25) is 0 Å². The molecule has 0 radical (unpaired) electrons. The van der Waals surface area contributed by atoms with E-state index in [1.54, 1.807) is 56.3 Å². The highest BCUT2D eigenvalue weighted by atomic mass is 16.6. The fourth-order valence-electron chi connectivity index (χ4n) is 3.78. The molecule has 2 aromatic carbocycles. The summed E-state index contributed by atoms with van der Waals surface area (Å²) in [5.41, 5.74) is 2.23. The molecule has 8 heteroatoms.